The van der Waals surface area contributed by atoms with Crippen LogP contribution in [0.5, 0.6) is 0 Å². The van der Waals surface area contributed by atoms with Crippen LogP contribution in [0.1, 0.15) is 180 Å². The van der Waals surface area contributed by atoms with Gasteiger partial charge in [0.25, 0.3) is 0 Å². The highest BCUT2D eigenvalue weighted by Crippen LogP contribution is 2.14. The van der Waals surface area contributed by atoms with Crippen LogP contribution in [0.25, 0.3) is 0 Å². The standard InChI is InChI=1S/C36H64O8/c37-33-31-35(39)43-29-25-21-17-13-9-5-2-6-10-14-18-22-26-30-44-36(40)32-34(38)42-28-24-20-16-12-8-4-1-3-7-11-15-19-23-27-41-33/h1-32H2. The van der Waals surface area contributed by atoms with Crippen molar-refractivity contribution in [1.82, 2.24) is 0 Å². The fraction of sp³-hybridized carbons (Fsp3) is 0.889. The molecule has 0 amide bonds. The molecule has 1 heterocycles. The number of carbonyl (C=O) groups excluding carboxylic acids is 4. The summed E-state index contributed by atoms with van der Waals surface area (Å²) in [6.07, 6.45) is 28.9. The Morgan fingerprint density at radius 1 is 0.227 bits per heavy atom. The van der Waals surface area contributed by atoms with Crippen molar-refractivity contribution < 1.29 is 38.1 Å². The second-order valence-electron chi connectivity index (χ2n) is 12.4. The molecule has 44 heavy (non-hydrogen) atoms. The van der Waals surface area contributed by atoms with Gasteiger partial charge in [-0.25, -0.2) is 0 Å². The minimum Gasteiger partial charge on any atom is -0.465 e. The SMILES string of the molecule is O=C1CC(=O)OCCCCCCCCCCCCCCCOC(=O)CC(=O)OCCCCCCCCCCCCCCCO1. The van der Waals surface area contributed by atoms with Crippen LogP contribution in [0.2, 0.25) is 0 Å². The summed E-state index contributed by atoms with van der Waals surface area (Å²) in [6.45, 7) is 1.51. The molecule has 0 aromatic rings. The topological polar surface area (TPSA) is 105 Å². The second-order valence-corrected chi connectivity index (χ2v) is 12.4. The second kappa shape index (κ2) is 30.9. The van der Waals surface area contributed by atoms with Gasteiger partial charge in [0, 0.05) is 0 Å². The first-order chi connectivity index (χ1) is 21.6. The van der Waals surface area contributed by atoms with Crippen molar-refractivity contribution in [2.45, 2.75) is 180 Å². The predicted molar refractivity (Wildman–Crippen MR) is 173 cm³/mol. The van der Waals surface area contributed by atoms with Crippen molar-refractivity contribution in [3.8, 4) is 0 Å². The maximum Gasteiger partial charge on any atom is 0.317 e. The van der Waals surface area contributed by atoms with E-state index in [0.717, 1.165) is 77.0 Å². The quantitative estimate of drug-likeness (QED) is 0.149. The van der Waals surface area contributed by atoms with E-state index in [0.29, 0.717) is 26.4 Å². The highest BCUT2D eigenvalue weighted by atomic mass is 16.6. The number of hydrogen-bond acceptors (Lipinski definition) is 8. The molecule has 0 aromatic heterocycles. The van der Waals surface area contributed by atoms with E-state index in [4.69, 9.17) is 18.9 Å². The maximum absolute atomic E-state index is 11.9. The number of esters is 4. The summed E-state index contributed by atoms with van der Waals surface area (Å²) in [6, 6.07) is 0. The third-order valence-corrected chi connectivity index (χ3v) is 8.21. The summed E-state index contributed by atoms with van der Waals surface area (Å²) >= 11 is 0. The van der Waals surface area contributed by atoms with Crippen molar-refractivity contribution in [3.05, 3.63) is 0 Å². The Bertz CT molecular complexity index is 607. The lowest BCUT2D eigenvalue weighted by Crippen LogP contribution is -2.15. The molecule has 0 bridgehead atoms. The average Bonchev–Trinajstić information content (AvgIpc) is 2.99. The molecule has 1 rings (SSSR count). The van der Waals surface area contributed by atoms with Crippen LogP contribution in [-0.2, 0) is 38.1 Å². The fourth-order valence-corrected chi connectivity index (χ4v) is 5.48. The van der Waals surface area contributed by atoms with E-state index in [9.17, 15) is 19.2 Å². The zero-order valence-electron chi connectivity index (χ0n) is 27.9. The van der Waals surface area contributed by atoms with Crippen molar-refractivity contribution in [1.29, 1.82) is 0 Å². The minimum atomic E-state index is -0.481. The van der Waals surface area contributed by atoms with Gasteiger partial charge in [0.1, 0.15) is 12.8 Å². The molecule has 0 aromatic carbocycles. The van der Waals surface area contributed by atoms with Gasteiger partial charge in [-0.15, -0.1) is 0 Å². The highest BCUT2D eigenvalue weighted by molar-refractivity contribution is 5.91. The zero-order chi connectivity index (χ0) is 31.8. The normalized spacial score (nSPS) is 22.4. The summed E-state index contributed by atoms with van der Waals surface area (Å²) < 4.78 is 20.8. The molecule has 1 saturated heterocycles. The van der Waals surface area contributed by atoms with E-state index < -0.39 is 23.9 Å². The number of carbonyl (C=O) groups is 4. The Kier molecular flexibility index (Phi) is 28.0. The van der Waals surface area contributed by atoms with E-state index in [-0.39, 0.29) is 12.8 Å². The zero-order valence-corrected chi connectivity index (χ0v) is 27.9. The molecule has 0 aliphatic carbocycles. The molecule has 256 valence electrons. The first kappa shape index (κ1) is 39.9. The summed E-state index contributed by atoms with van der Waals surface area (Å²) in [5.74, 6) is -1.92. The van der Waals surface area contributed by atoms with E-state index in [1.807, 2.05) is 0 Å². The average molecular weight is 625 g/mol. The summed E-state index contributed by atoms with van der Waals surface area (Å²) in [7, 11) is 0. The molecular formula is C36H64O8. The van der Waals surface area contributed by atoms with Crippen LogP contribution in [0.3, 0.4) is 0 Å². The van der Waals surface area contributed by atoms with Crippen LogP contribution in [0, 0.1) is 0 Å². The van der Waals surface area contributed by atoms with Crippen LogP contribution in [0.15, 0.2) is 0 Å². The third kappa shape index (κ3) is 28.6. The molecule has 0 spiro atoms. The first-order valence-electron chi connectivity index (χ1n) is 18.2. The van der Waals surface area contributed by atoms with Gasteiger partial charge in [-0.2, -0.15) is 0 Å². The maximum atomic E-state index is 11.9. The molecule has 0 saturated carbocycles. The van der Waals surface area contributed by atoms with Gasteiger partial charge in [-0.05, 0) is 25.7 Å². The lowest BCUT2D eigenvalue weighted by molar-refractivity contribution is -0.156. The van der Waals surface area contributed by atoms with Crippen LogP contribution in [0.4, 0.5) is 0 Å². The van der Waals surface area contributed by atoms with Crippen molar-refractivity contribution in [2.24, 2.45) is 0 Å². The van der Waals surface area contributed by atoms with E-state index >= 15 is 0 Å². The van der Waals surface area contributed by atoms with Crippen molar-refractivity contribution in [3.63, 3.8) is 0 Å². The van der Waals surface area contributed by atoms with Gasteiger partial charge < -0.3 is 18.9 Å². The highest BCUT2D eigenvalue weighted by Gasteiger charge is 2.13. The van der Waals surface area contributed by atoms with Crippen molar-refractivity contribution >= 4 is 23.9 Å². The Balaban J connectivity index is 2.19. The molecule has 1 aliphatic heterocycles. The summed E-state index contributed by atoms with van der Waals surface area (Å²) in [5.41, 5.74) is 0. The third-order valence-electron chi connectivity index (χ3n) is 8.21. The summed E-state index contributed by atoms with van der Waals surface area (Å²) in [4.78, 5) is 47.4. The van der Waals surface area contributed by atoms with Gasteiger partial charge in [0.05, 0.1) is 26.4 Å². The Hall–Kier alpha value is -2.12. The molecule has 1 fully saturated rings. The summed E-state index contributed by atoms with van der Waals surface area (Å²) in [5, 5.41) is 0. The first-order valence-corrected chi connectivity index (χ1v) is 18.2. The Morgan fingerprint density at radius 3 is 0.523 bits per heavy atom. The number of hydrogen-bond donors (Lipinski definition) is 0. The smallest absolute Gasteiger partial charge is 0.317 e. The van der Waals surface area contributed by atoms with Crippen LogP contribution >= 0.6 is 0 Å². The molecular weight excluding hydrogens is 560 g/mol. The molecule has 0 N–H and O–H groups in total. The Labute approximate surface area is 268 Å². The molecule has 8 nitrogen and oxygen atoms in total. The molecule has 0 radical (unpaired) electrons. The fourth-order valence-electron chi connectivity index (χ4n) is 5.48. The Morgan fingerprint density at radius 2 is 0.364 bits per heavy atom. The number of cyclic esters (lactones) is 4. The number of ether oxygens (including phenoxy) is 4. The van der Waals surface area contributed by atoms with Gasteiger partial charge in [-0.1, -0.05) is 141 Å². The minimum absolute atomic E-state index is 0.287. The molecule has 0 atom stereocenters. The van der Waals surface area contributed by atoms with E-state index in [1.165, 1.54) is 89.9 Å². The van der Waals surface area contributed by atoms with E-state index in [1.54, 1.807) is 0 Å². The predicted octanol–water partition coefficient (Wildman–Crippen LogP) is 9.10. The largest absolute Gasteiger partial charge is 0.465 e. The van der Waals surface area contributed by atoms with Gasteiger partial charge in [0.2, 0.25) is 0 Å². The number of rotatable bonds is 0. The van der Waals surface area contributed by atoms with Crippen LogP contribution in [-0.4, -0.2) is 50.3 Å². The van der Waals surface area contributed by atoms with Gasteiger partial charge >= 0.3 is 23.9 Å². The molecule has 0 unspecified atom stereocenters. The van der Waals surface area contributed by atoms with Crippen molar-refractivity contribution in [2.75, 3.05) is 26.4 Å². The van der Waals surface area contributed by atoms with Gasteiger partial charge in [0.15, 0.2) is 0 Å². The molecule has 8 heteroatoms. The molecule has 1 aliphatic rings. The van der Waals surface area contributed by atoms with Crippen LogP contribution < -0.4 is 0 Å². The van der Waals surface area contributed by atoms with Gasteiger partial charge in [-0.3, -0.25) is 19.2 Å². The lowest BCUT2D eigenvalue weighted by Gasteiger charge is -2.07. The van der Waals surface area contributed by atoms with E-state index in [2.05, 4.69) is 0 Å². The lowest BCUT2D eigenvalue weighted by atomic mass is 10.0. The monoisotopic (exact) mass is 624 g/mol.